The van der Waals surface area contributed by atoms with Crippen LogP contribution in [0.5, 0.6) is 0 Å². The van der Waals surface area contributed by atoms with Gasteiger partial charge in [-0.05, 0) is 13.8 Å². The van der Waals surface area contributed by atoms with E-state index in [1.807, 2.05) is 0 Å². The van der Waals surface area contributed by atoms with Gasteiger partial charge in [-0.1, -0.05) is 0 Å². The third-order valence-electron chi connectivity index (χ3n) is 0.497. The zero-order valence-corrected chi connectivity index (χ0v) is 6.18. The molecule has 0 aliphatic carbocycles. The maximum atomic E-state index is 10.3. The van der Waals surface area contributed by atoms with Crippen LogP contribution in [0.1, 0.15) is 13.8 Å². The molecule has 9 heavy (non-hydrogen) atoms. The number of rotatable bonds is 3. The maximum absolute atomic E-state index is 10.3. The molecular formula is C4H10O4S. The zero-order chi connectivity index (χ0) is 7.49. The van der Waals surface area contributed by atoms with Crippen molar-refractivity contribution in [3.63, 3.8) is 0 Å². The molecule has 0 saturated carbocycles. The molecule has 0 radical (unpaired) electrons. The van der Waals surface area contributed by atoms with E-state index in [1.165, 1.54) is 0 Å². The van der Waals surface area contributed by atoms with Gasteiger partial charge in [0.2, 0.25) is 0 Å². The lowest BCUT2D eigenvalue weighted by atomic mass is 10.5. The highest BCUT2D eigenvalue weighted by Crippen LogP contribution is 1.96. The van der Waals surface area contributed by atoms with Gasteiger partial charge in [0, 0.05) is 0 Å². The molecule has 0 amide bonds. The van der Waals surface area contributed by atoms with Gasteiger partial charge in [-0.3, -0.25) is 4.18 Å². The molecule has 0 rings (SSSR count). The summed E-state index contributed by atoms with van der Waals surface area (Å²) in [4.78, 5) is 0. The highest BCUT2D eigenvalue weighted by atomic mass is 32.2. The fourth-order valence-corrected chi connectivity index (χ4v) is 0.971. The number of aliphatic hydroxyl groups excluding tert-OH is 1. The van der Waals surface area contributed by atoms with Crippen molar-refractivity contribution in [2.75, 3.05) is 5.94 Å². The third-order valence-corrected chi connectivity index (χ3v) is 1.49. The first-order valence-corrected chi connectivity index (χ1v) is 4.07. The van der Waals surface area contributed by atoms with Crippen LogP contribution in [0.4, 0.5) is 0 Å². The van der Waals surface area contributed by atoms with Crippen molar-refractivity contribution < 1.29 is 17.7 Å². The molecule has 0 saturated heterocycles. The molecule has 0 unspecified atom stereocenters. The minimum atomic E-state index is -3.66. The van der Waals surface area contributed by atoms with Crippen molar-refractivity contribution in [1.29, 1.82) is 0 Å². The predicted molar refractivity (Wildman–Crippen MR) is 32.2 cm³/mol. The van der Waals surface area contributed by atoms with Gasteiger partial charge in [-0.25, -0.2) is 0 Å². The van der Waals surface area contributed by atoms with Crippen molar-refractivity contribution in [3.05, 3.63) is 0 Å². The fourth-order valence-electron chi connectivity index (χ4n) is 0.324. The van der Waals surface area contributed by atoms with E-state index in [0.29, 0.717) is 0 Å². The summed E-state index contributed by atoms with van der Waals surface area (Å²) in [5, 5.41) is 8.13. The summed E-state index contributed by atoms with van der Waals surface area (Å²) in [6, 6.07) is 0. The first-order chi connectivity index (χ1) is 3.98. The summed E-state index contributed by atoms with van der Waals surface area (Å²) >= 11 is 0. The van der Waals surface area contributed by atoms with E-state index in [1.54, 1.807) is 13.8 Å². The van der Waals surface area contributed by atoms with Crippen molar-refractivity contribution in [2.24, 2.45) is 0 Å². The van der Waals surface area contributed by atoms with Crippen LogP contribution >= 0.6 is 0 Å². The van der Waals surface area contributed by atoms with Crippen LogP contribution in [0.25, 0.3) is 0 Å². The Morgan fingerprint density at radius 2 is 2.00 bits per heavy atom. The number of hydrogen-bond acceptors (Lipinski definition) is 4. The lowest BCUT2D eigenvalue weighted by molar-refractivity contribution is 0.229. The Morgan fingerprint density at radius 3 is 2.11 bits per heavy atom. The first kappa shape index (κ1) is 8.87. The Hall–Kier alpha value is -0.130. The van der Waals surface area contributed by atoms with Gasteiger partial charge in [0.25, 0.3) is 10.1 Å². The molecule has 0 aromatic heterocycles. The zero-order valence-electron chi connectivity index (χ0n) is 5.36. The second-order valence-corrected chi connectivity index (χ2v) is 3.40. The lowest BCUT2D eigenvalue weighted by Gasteiger charge is -2.03. The summed E-state index contributed by atoms with van der Waals surface area (Å²) in [6.07, 6.45) is -0.401. The smallest absolute Gasteiger partial charge is 0.291 e. The van der Waals surface area contributed by atoms with Gasteiger partial charge in [0.15, 0.2) is 5.94 Å². The molecule has 4 nitrogen and oxygen atoms in total. The van der Waals surface area contributed by atoms with E-state index in [0.717, 1.165) is 0 Å². The van der Waals surface area contributed by atoms with Gasteiger partial charge < -0.3 is 5.11 Å². The summed E-state index contributed by atoms with van der Waals surface area (Å²) in [5.41, 5.74) is 0. The molecule has 0 aliphatic rings. The van der Waals surface area contributed by atoms with Gasteiger partial charge in [-0.15, -0.1) is 0 Å². The van der Waals surface area contributed by atoms with Gasteiger partial charge in [-0.2, -0.15) is 8.42 Å². The summed E-state index contributed by atoms with van der Waals surface area (Å²) < 4.78 is 25.0. The monoisotopic (exact) mass is 154 g/mol. The molecule has 0 spiro atoms. The van der Waals surface area contributed by atoms with Crippen LogP contribution in [0.15, 0.2) is 0 Å². The van der Waals surface area contributed by atoms with Crippen LogP contribution < -0.4 is 0 Å². The van der Waals surface area contributed by atoms with Crippen LogP contribution in [0, 0.1) is 0 Å². The van der Waals surface area contributed by atoms with Gasteiger partial charge in [0.1, 0.15) is 0 Å². The minimum Gasteiger partial charge on any atom is -0.378 e. The average Bonchev–Trinajstić information content (AvgIpc) is 1.63. The normalized spacial score (nSPS) is 12.4. The van der Waals surface area contributed by atoms with Crippen LogP contribution in [0.3, 0.4) is 0 Å². The summed E-state index contributed by atoms with van der Waals surface area (Å²) in [6.45, 7) is 3.15. The molecule has 0 aliphatic heterocycles. The van der Waals surface area contributed by atoms with Crippen molar-refractivity contribution >= 4 is 10.1 Å². The quantitative estimate of drug-likeness (QED) is 0.566. The molecule has 0 aromatic carbocycles. The fraction of sp³-hybridized carbons (Fsp3) is 1.00. The standard InChI is InChI=1S/C4H10O4S/c1-4(2)8-9(6,7)3-5/h4-5H,3H2,1-2H3. The van der Waals surface area contributed by atoms with Gasteiger partial charge in [0.05, 0.1) is 6.10 Å². The highest BCUT2D eigenvalue weighted by Gasteiger charge is 2.09. The van der Waals surface area contributed by atoms with Crippen LogP contribution in [-0.2, 0) is 14.3 Å². The molecule has 0 atom stereocenters. The second kappa shape index (κ2) is 3.14. The molecule has 56 valence electrons. The van der Waals surface area contributed by atoms with Crippen molar-refractivity contribution in [1.82, 2.24) is 0 Å². The largest absolute Gasteiger partial charge is 0.378 e. The Kier molecular flexibility index (Phi) is 3.10. The van der Waals surface area contributed by atoms with E-state index in [9.17, 15) is 8.42 Å². The lowest BCUT2D eigenvalue weighted by Crippen LogP contribution is -2.14. The number of hydrogen-bond donors (Lipinski definition) is 1. The first-order valence-electron chi connectivity index (χ1n) is 2.50. The van der Waals surface area contributed by atoms with Crippen LogP contribution in [-0.4, -0.2) is 25.6 Å². The van der Waals surface area contributed by atoms with E-state index < -0.39 is 22.2 Å². The second-order valence-electron chi connectivity index (χ2n) is 1.83. The van der Waals surface area contributed by atoms with E-state index in [-0.39, 0.29) is 0 Å². The topological polar surface area (TPSA) is 63.6 Å². The molecule has 0 bridgehead atoms. The SMILES string of the molecule is CC(C)OS(=O)(=O)CO. The predicted octanol–water partition coefficient (Wildman–Crippen LogP) is -0.309. The third kappa shape index (κ3) is 4.38. The van der Waals surface area contributed by atoms with Crippen LogP contribution in [0.2, 0.25) is 0 Å². The van der Waals surface area contributed by atoms with E-state index in [4.69, 9.17) is 5.11 Å². The molecule has 5 heteroatoms. The summed E-state index contributed by atoms with van der Waals surface area (Å²) in [7, 11) is -3.66. The number of aliphatic hydroxyl groups is 1. The molecule has 0 heterocycles. The average molecular weight is 154 g/mol. The molecular weight excluding hydrogens is 144 g/mol. The Bertz CT molecular complexity index is 157. The van der Waals surface area contributed by atoms with Crippen molar-refractivity contribution in [2.45, 2.75) is 20.0 Å². The molecule has 0 aromatic rings. The minimum absolute atomic E-state index is 0.401. The summed E-state index contributed by atoms with van der Waals surface area (Å²) in [5.74, 6) is -0.953. The van der Waals surface area contributed by atoms with Crippen molar-refractivity contribution in [3.8, 4) is 0 Å². The highest BCUT2D eigenvalue weighted by molar-refractivity contribution is 7.86. The van der Waals surface area contributed by atoms with Gasteiger partial charge >= 0.3 is 0 Å². The Balaban J connectivity index is 3.90. The molecule has 1 N–H and O–H groups in total. The van der Waals surface area contributed by atoms with E-state index >= 15 is 0 Å². The maximum Gasteiger partial charge on any atom is 0.291 e. The Labute approximate surface area is 54.6 Å². The van der Waals surface area contributed by atoms with E-state index in [2.05, 4.69) is 4.18 Å². The Morgan fingerprint density at radius 1 is 1.56 bits per heavy atom. The molecule has 0 fully saturated rings.